The zero-order chi connectivity index (χ0) is 20.2. The molecule has 1 spiro atoms. The first-order valence-electron chi connectivity index (χ1n) is 10.6. The van der Waals surface area contributed by atoms with Gasteiger partial charge in [-0.25, -0.2) is 0 Å². The third kappa shape index (κ3) is 1.90. The van der Waals surface area contributed by atoms with Crippen LogP contribution in [0.5, 0.6) is 0 Å². The molecule has 4 saturated carbocycles. The van der Waals surface area contributed by atoms with Gasteiger partial charge in [-0.05, 0) is 41.9 Å². The molecule has 0 aromatic carbocycles. The van der Waals surface area contributed by atoms with Crippen molar-refractivity contribution in [2.24, 2.45) is 34.0 Å². The van der Waals surface area contributed by atoms with E-state index in [1.165, 1.54) is 0 Å². The monoisotopic (exact) mass is 396 g/mol. The highest BCUT2D eigenvalue weighted by Gasteiger charge is 2.84. The van der Waals surface area contributed by atoms with Gasteiger partial charge in [0.2, 0.25) is 0 Å². The summed E-state index contributed by atoms with van der Waals surface area (Å²) < 4.78 is 12.0. The van der Waals surface area contributed by atoms with Gasteiger partial charge in [-0.2, -0.15) is 0 Å². The Bertz CT molecular complexity index is 696. The van der Waals surface area contributed by atoms with Crippen molar-refractivity contribution < 1.29 is 34.7 Å². The summed E-state index contributed by atoms with van der Waals surface area (Å²) in [7, 11) is 0. The lowest BCUT2D eigenvalue weighted by Gasteiger charge is -2.72. The first-order valence-corrected chi connectivity index (χ1v) is 10.6. The Labute approximate surface area is 165 Å². The van der Waals surface area contributed by atoms with Crippen LogP contribution in [-0.4, -0.2) is 69.6 Å². The van der Waals surface area contributed by atoms with Gasteiger partial charge in [-0.3, -0.25) is 4.79 Å². The van der Waals surface area contributed by atoms with Gasteiger partial charge in [-0.15, -0.1) is 0 Å². The zero-order valence-electron chi connectivity index (χ0n) is 16.7. The molecule has 4 N–H and O–H groups in total. The number of ketones is 1. The molecule has 2 bridgehead atoms. The largest absolute Gasteiger partial charge is 0.394 e. The molecular formula is C21H32O7. The highest BCUT2D eigenvalue weighted by Crippen LogP contribution is 2.86. The highest BCUT2D eigenvalue weighted by molar-refractivity contribution is 5.85. The summed E-state index contributed by atoms with van der Waals surface area (Å²) in [6.45, 7) is 6.27. The molecule has 0 aromatic heterocycles. The average molecular weight is 396 g/mol. The lowest BCUT2D eigenvalue weighted by Crippen LogP contribution is -2.72. The van der Waals surface area contributed by atoms with Crippen molar-refractivity contribution in [1.29, 1.82) is 0 Å². The van der Waals surface area contributed by atoms with Crippen LogP contribution in [0.2, 0.25) is 0 Å². The van der Waals surface area contributed by atoms with Gasteiger partial charge in [0.25, 0.3) is 0 Å². The molecule has 28 heavy (non-hydrogen) atoms. The van der Waals surface area contributed by atoms with Gasteiger partial charge >= 0.3 is 0 Å². The first kappa shape index (κ1) is 19.4. The molecule has 0 amide bonds. The van der Waals surface area contributed by atoms with E-state index in [1.54, 1.807) is 0 Å². The summed E-state index contributed by atoms with van der Waals surface area (Å²) in [6, 6.07) is 0. The van der Waals surface area contributed by atoms with Crippen LogP contribution in [0.15, 0.2) is 0 Å². The summed E-state index contributed by atoms with van der Waals surface area (Å²) in [5.41, 5.74) is -0.115. The number of Topliss-reactive ketones (excluding diaryl/α,β-unsaturated/α-hetero) is 1. The first-order chi connectivity index (χ1) is 13.1. The number of hydrogen-bond donors (Lipinski definition) is 4. The minimum Gasteiger partial charge on any atom is -0.394 e. The molecule has 5 aliphatic rings. The van der Waals surface area contributed by atoms with Gasteiger partial charge in [0.1, 0.15) is 30.2 Å². The van der Waals surface area contributed by atoms with Crippen LogP contribution in [0.4, 0.5) is 0 Å². The molecule has 7 nitrogen and oxygen atoms in total. The van der Waals surface area contributed by atoms with E-state index in [0.29, 0.717) is 18.1 Å². The third-order valence-corrected chi connectivity index (χ3v) is 9.96. The molecule has 1 aliphatic heterocycles. The van der Waals surface area contributed by atoms with E-state index in [1.807, 2.05) is 0 Å². The van der Waals surface area contributed by atoms with Crippen LogP contribution in [0.25, 0.3) is 0 Å². The van der Waals surface area contributed by atoms with E-state index in [2.05, 4.69) is 20.8 Å². The number of aliphatic hydroxyl groups excluding tert-OH is 4. The maximum absolute atomic E-state index is 12.7. The van der Waals surface area contributed by atoms with Crippen LogP contribution in [-0.2, 0) is 14.3 Å². The van der Waals surface area contributed by atoms with E-state index in [9.17, 15) is 25.2 Å². The Hall–Kier alpha value is -0.570. The molecule has 5 fully saturated rings. The second-order valence-corrected chi connectivity index (χ2v) is 10.4. The average Bonchev–Trinajstić information content (AvgIpc) is 3.10. The lowest BCUT2D eigenvalue weighted by atomic mass is 9.32. The van der Waals surface area contributed by atoms with E-state index < -0.39 is 37.3 Å². The molecule has 0 unspecified atom stereocenters. The molecule has 7 heteroatoms. The van der Waals surface area contributed by atoms with E-state index >= 15 is 0 Å². The Balaban J connectivity index is 1.46. The van der Waals surface area contributed by atoms with Crippen molar-refractivity contribution in [3.63, 3.8) is 0 Å². The fourth-order valence-electron chi connectivity index (χ4n) is 8.29. The maximum Gasteiger partial charge on any atom is 0.186 e. The topological polar surface area (TPSA) is 116 Å². The predicted octanol–water partition coefficient (Wildman–Crippen LogP) is 0.223. The van der Waals surface area contributed by atoms with Crippen molar-refractivity contribution >= 4 is 5.78 Å². The van der Waals surface area contributed by atoms with Crippen molar-refractivity contribution in [2.75, 3.05) is 6.61 Å². The second-order valence-electron chi connectivity index (χ2n) is 10.4. The molecule has 1 heterocycles. The van der Waals surface area contributed by atoms with Crippen LogP contribution < -0.4 is 0 Å². The number of aliphatic hydroxyl groups is 4. The second kappa shape index (κ2) is 5.77. The Morgan fingerprint density at radius 3 is 2.54 bits per heavy atom. The normalized spacial score (nSPS) is 62.5. The summed E-state index contributed by atoms with van der Waals surface area (Å²) in [6.07, 6.45) is -3.05. The highest BCUT2D eigenvalue weighted by atomic mass is 16.7. The van der Waals surface area contributed by atoms with Crippen LogP contribution >= 0.6 is 0 Å². The lowest BCUT2D eigenvalue weighted by molar-refractivity contribution is -0.341. The molecule has 12 atom stereocenters. The van der Waals surface area contributed by atoms with Crippen molar-refractivity contribution in [3.8, 4) is 0 Å². The number of fused-ring (bicyclic) bond motifs is 2. The Morgan fingerprint density at radius 2 is 1.86 bits per heavy atom. The smallest absolute Gasteiger partial charge is 0.186 e. The number of hydrogen-bond acceptors (Lipinski definition) is 7. The Kier molecular flexibility index (Phi) is 4.00. The van der Waals surface area contributed by atoms with Crippen molar-refractivity contribution in [1.82, 2.24) is 0 Å². The van der Waals surface area contributed by atoms with Gasteiger partial charge in [0, 0.05) is 17.8 Å². The summed E-state index contributed by atoms with van der Waals surface area (Å²) in [5.74, 6) is 1.11. The van der Waals surface area contributed by atoms with Gasteiger partial charge in [-0.1, -0.05) is 20.8 Å². The van der Waals surface area contributed by atoms with E-state index in [-0.39, 0.29) is 34.2 Å². The molecule has 5 rings (SSSR count). The molecule has 158 valence electrons. The summed E-state index contributed by atoms with van der Waals surface area (Å²) in [4.78, 5) is 12.7. The fraction of sp³-hybridized carbons (Fsp3) is 0.952. The third-order valence-electron chi connectivity index (χ3n) is 9.96. The molecular weight excluding hydrogens is 364 g/mol. The van der Waals surface area contributed by atoms with Gasteiger partial charge in [0.15, 0.2) is 6.29 Å². The quantitative estimate of drug-likeness (QED) is 0.539. The Morgan fingerprint density at radius 1 is 1.14 bits per heavy atom. The molecule has 4 aliphatic carbocycles. The van der Waals surface area contributed by atoms with Gasteiger partial charge < -0.3 is 29.9 Å². The number of carbonyl (C=O) groups excluding carboxylic acids is 1. The minimum absolute atomic E-state index is 0.0832. The van der Waals surface area contributed by atoms with E-state index in [4.69, 9.17) is 9.47 Å². The van der Waals surface area contributed by atoms with Gasteiger partial charge in [0.05, 0.1) is 12.7 Å². The van der Waals surface area contributed by atoms with Crippen LogP contribution in [0.1, 0.15) is 46.5 Å². The summed E-state index contributed by atoms with van der Waals surface area (Å²) in [5, 5.41) is 40.0. The molecule has 0 radical (unpaired) electrons. The van der Waals surface area contributed by atoms with Crippen molar-refractivity contribution in [3.05, 3.63) is 0 Å². The zero-order valence-corrected chi connectivity index (χ0v) is 16.7. The summed E-state index contributed by atoms with van der Waals surface area (Å²) >= 11 is 0. The van der Waals surface area contributed by atoms with E-state index in [0.717, 1.165) is 19.3 Å². The molecule has 1 saturated heterocycles. The fourth-order valence-corrected chi connectivity index (χ4v) is 8.29. The number of ether oxygens (including phenoxy) is 2. The predicted molar refractivity (Wildman–Crippen MR) is 96.9 cm³/mol. The SMILES string of the molecule is C[C@@H]1CC(=O)[C@H]2C[C@@]3(C)[C@@H]4C[C@@H](O[C@@H]5O[C@H](CO)[C@@H](O)[C@H](O)[C@H]5O)[C@@]1(C4)[C@@]23C. The minimum atomic E-state index is -1.44. The van der Waals surface area contributed by atoms with Crippen molar-refractivity contribution in [2.45, 2.75) is 83.3 Å². The van der Waals surface area contributed by atoms with Crippen LogP contribution in [0.3, 0.4) is 0 Å². The maximum atomic E-state index is 12.7. The molecule has 0 aromatic rings. The number of rotatable bonds is 3. The van der Waals surface area contributed by atoms with Crippen LogP contribution in [0, 0.1) is 34.0 Å². The standard InChI is InChI=1S/C21H32O7/c1-9-4-12(23)11-7-19(2)10-5-14(21(9,6-10)20(11,19)3)28-18-17(26)16(25)15(24)13(8-22)27-18/h9-11,13-18,22,24-26H,4-8H2,1-3H3/t9-,10-,11-,13-,14-,15-,16+,17-,18+,19+,20+,21+/m1/s1. The number of carbonyl (C=O) groups is 1.